The van der Waals surface area contributed by atoms with Crippen LogP contribution in [-0.2, 0) is 0 Å². The fourth-order valence-electron chi connectivity index (χ4n) is 3.23. The molecule has 19 heavy (non-hydrogen) atoms. The molecule has 0 saturated heterocycles. The molecule has 0 bridgehead atoms. The average molecular weight is 275 g/mol. The molecule has 0 spiro atoms. The number of rotatable bonds is 3. The van der Waals surface area contributed by atoms with E-state index in [2.05, 4.69) is 40.4 Å². The van der Waals surface area contributed by atoms with Crippen LogP contribution in [0.5, 0.6) is 0 Å². The first-order valence-electron chi connectivity index (χ1n) is 7.02. The molecular formula is C15H21N3S. The molecule has 1 heterocycles. The number of nitrogens with zero attached hydrogens (tertiary/aromatic N) is 2. The first-order chi connectivity index (χ1) is 9.29. The minimum Gasteiger partial charge on any atom is -0.370 e. The summed E-state index contributed by atoms with van der Waals surface area (Å²) in [6, 6.07) is 9.79. The zero-order valence-electron chi connectivity index (χ0n) is 11.4. The molecule has 1 aliphatic heterocycles. The maximum atomic E-state index is 6.11. The summed E-state index contributed by atoms with van der Waals surface area (Å²) in [4.78, 5) is 8.15. The van der Waals surface area contributed by atoms with Crippen molar-refractivity contribution in [3.05, 3.63) is 29.8 Å². The van der Waals surface area contributed by atoms with Gasteiger partial charge in [0.2, 0.25) is 0 Å². The highest BCUT2D eigenvalue weighted by molar-refractivity contribution is 7.98. The first kappa shape index (κ1) is 12.9. The number of thioether (sulfide) groups is 1. The summed E-state index contributed by atoms with van der Waals surface area (Å²) >= 11 is 1.78. The highest BCUT2D eigenvalue weighted by Crippen LogP contribution is 2.34. The van der Waals surface area contributed by atoms with Crippen LogP contribution < -0.4 is 5.73 Å². The summed E-state index contributed by atoms with van der Waals surface area (Å²) in [5.74, 6) is 0.742. The SMILES string of the molecule is CSc1ccc(C2CN=C(N)N2C2CCCC2)cc1. The molecular weight excluding hydrogens is 254 g/mol. The molecule has 1 atom stereocenters. The van der Waals surface area contributed by atoms with Crippen molar-refractivity contribution in [3.63, 3.8) is 0 Å². The Morgan fingerprint density at radius 3 is 2.53 bits per heavy atom. The molecule has 2 N–H and O–H groups in total. The van der Waals surface area contributed by atoms with Crippen molar-refractivity contribution in [2.45, 2.75) is 42.7 Å². The van der Waals surface area contributed by atoms with Gasteiger partial charge in [0.15, 0.2) is 5.96 Å². The molecule has 1 saturated carbocycles. The molecule has 1 aromatic carbocycles. The highest BCUT2D eigenvalue weighted by atomic mass is 32.2. The van der Waals surface area contributed by atoms with Crippen molar-refractivity contribution >= 4 is 17.7 Å². The Kier molecular flexibility index (Phi) is 3.69. The van der Waals surface area contributed by atoms with Gasteiger partial charge < -0.3 is 10.6 Å². The van der Waals surface area contributed by atoms with Crippen LogP contribution in [0.25, 0.3) is 0 Å². The van der Waals surface area contributed by atoms with Gasteiger partial charge in [-0.25, -0.2) is 0 Å². The molecule has 1 aliphatic carbocycles. The fourth-order valence-corrected chi connectivity index (χ4v) is 3.63. The third-order valence-corrected chi connectivity index (χ3v) is 4.99. The summed E-state index contributed by atoms with van der Waals surface area (Å²) in [6.45, 7) is 0.806. The quantitative estimate of drug-likeness (QED) is 0.862. The van der Waals surface area contributed by atoms with Crippen molar-refractivity contribution < 1.29 is 0 Å². The van der Waals surface area contributed by atoms with Gasteiger partial charge >= 0.3 is 0 Å². The molecule has 3 rings (SSSR count). The summed E-state index contributed by atoms with van der Waals surface area (Å²) < 4.78 is 0. The Balaban J connectivity index is 1.82. The van der Waals surface area contributed by atoms with Gasteiger partial charge in [-0.2, -0.15) is 0 Å². The van der Waals surface area contributed by atoms with Gasteiger partial charge in [-0.15, -0.1) is 11.8 Å². The van der Waals surface area contributed by atoms with Gasteiger partial charge in [0.25, 0.3) is 0 Å². The van der Waals surface area contributed by atoms with Crippen molar-refractivity contribution in [1.82, 2.24) is 4.90 Å². The van der Waals surface area contributed by atoms with Crippen molar-refractivity contribution in [1.29, 1.82) is 0 Å². The predicted octanol–water partition coefficient (Wildman–Crippen LogP) is 3.02. The number of aliphatic imine (C=N–C) groups is 1. The predicted molar refractivity (Wildman–Crippen MR) is 81.5 cm³/mol. The summed E-state index contributed by atoms with van der Waals surface area (Å²) in [5, 5.41) is 0. The van der Waals surface area contributed by atoms with E-state index in [1.54, 1.807) is 11.8 Å². The molecule has 0 radical (unpaired) electrons. The van der Waals surface area contributed by atoms with Crippen LogP contribution in [0.2, 0.25) is 0 Å². The van der Waals surface area contributed by atoms with E-state index in [0.29, 0.717) is 12.1 Å². The summed E-state index contributed by atoms with van der Waals surface area (Å²) in [5.41, 5.74) is 7.46. The highest BCUT2D eigenvalue weighted by Gasteiger charge is 2.34. The molecule has 4 heteroatoms. The smallest absolute Gasteiger partial charge is 0.192 e. The molecule has 102 valence electrons. The van der Waals surface area contributed by atoms with Crippen LogP contribution in [0.4, 0.5) is 0 Å². The minimum atomic E-state index is 0.346. The average Bonchev–Trinajstić information content (AvgIpc) is 3.08. The maximum absolute atomic E-state index is 6.11. The standard InChI is InChI=1S/C15H21N3S/c1-19-13-8-6-11(7-9-13)14-10-17-15(16)18(14)12-4-2-3-5-12/h6-9,12,14H,2-5,10H2,1H3,(H2,16,17). The van der Waals surface area contributed by atoms with Gasteiger partial charge in [-0.05, 0) is 36.8 Å². The minimum absolute atomic E-state index is 0.346. The second kappa shape index (κ2) is 5.45. The Morgan fingerprint density at radius 1 is 1.21 bits per heavy atom. The lowest BCUT2D eigenvalue weighted by atomic mass is 10.0. The Bertz CT molecular complexity index is 463. The van der Waals surface area contributed by atoms with E-state index in [9.17, 15) is 0 Å². The second-order valence-electron chi connectivity index (χ2n) is 5.33. The summed E-state index contributed by atoms with van der Waals surface area (Å²) in [7, 11) is 0. The number of benzene rings is 1. The molecule has 1 unspecified atom stereocenters. The van der Waals surface area contributed by atoms with Crippen molar-refractivity contribution in [2.75, 3.05) is 12.8 Å². The van der Waals surface area contributed by atoms with Gasteiger partial charge in [-0.3, -0.25) is 4.99 Å². The Hall–Kier alpha value is -1.16. The zero-order chi connectivity index (χ0) is 13.2. The topological polar surface area (TPSA) is 41.6 Å². The van der Waals surface area contributed by atoms with Crippen molar-refractivity contribution in [2.24, 2.45) is 10.7 Å². The largest absolute Gasteiger partial charge is 0.370 e. The van der Waals surface area contributed by atoms with Gasteiger partial charge in [-0.1, -0.05) is 25.0 Å². The van der Waals surface area contributed by atoms with E-state index < -0.39 is 0 Å². The number of guanidine groups is 1. The monoisotopic (exact) mass is 275 g/mol. The normalized spacial score (nSPS) is 23.9. The van der Waals surface area contributed by atoms with Crippen molar-refractivity contribution in [3.8, 4) is 0 Å². The molecule has 1 aromatic rings. The van der Waals surface area contributed by atoms with Crippen LogP contribution in [0.1, 0.15) is 37.3 Å². The van der Waals surface area contributed by atoms with E-state index in [1.807, 2.05) is 0 Å². The van der Waals surface area contributed by atoms with E-state index in [0.717, 1.165) is 12.5 Å². The Labute approximate surface area is 119 Å². The second-order valence-corrected chi connectivity index (χ2v) is 6.21. The maximum Gasteiger partial charge on any atom is 0.192 e. The molecule has 1 fully saturated rings. The molecule has 0 aromatic heterocycles. The zero-order valence-corrected chi connectivity index (χ0v) is 12.2. The third kappa shape index (κ3) is 2.46. The van der Waals surface area contributed by atoms with E-state index in [1.165, 1.54) is 36.1 Å². The lowest BCUT2D eigenvalue weighted by Gasteiger charge is -2.32. The van der Waals surface area contributed by atoms with E-state index in [4.69, 9.17) is 5.73 Å². The van der Waals surface area contributed by atoms with Crippen LogP contribution in [-0.4, -0.2) is 29.7 Å². The van der Waals surface area contributed by atoms with Gasteiger partial charge in [0.05, 0.1) is 12.6 Å². The van der Waals surface area contributed by atoms with Gasteiger partial charge in [0.1, 0.15) is 0 Å². The van der Waals surface area contributed by atoms with Crippen LogP contribution in [0.15, 0.2) is 34.2 Å². The molecule has 2 aliphatic rings. The Morgan fingerprint density at radius 2 is 1.89 bits per heavy atom. The van der Waals surface area contributed by atoms with E-state index in [-0.39, 0.29) is 0 Å². The molecule has 3 nitrogen and oxygen atoms in total. The number of nitrogens with two attached hydrogens (primary N) is 1. The fraction of sp³-hybridized carbons (Fsp3) is 0.533. The lowest BCUT2D eigenvalue weighted by molar-refractivity contribution is 0.262. The van der Waals surface area contributed by atoms with Crippen LogP contribution in [0, 0.1) is 0 Å². The number of hydrogen-bond donors (Lipinski definition) is 1. The van der Waals surface area contributed by atoms with Gasteiger partial charge in [0, 0.05) is 10.9 Å². The van der Waals surface area contributed by atoms with Crippen LogP contribution >= 0.6 is 11.8 Å². The summed E-state index contributed by atoms with van der Waals surface area (Å²) in [6.07, 6.45) is 7.28. The van der Waals surface area contributed by atoms with Crippen LogP contribution in [0.3, 0.4) is 0 Å². The lowest BCUT2D eigenvalue weighted by Crippen LogP contribution is -2.42. The van der Waals surface area contributed by atoms with E-state index >= 15 is 0 Å². The molecule has 0 amide bonds. The third-order valence-electron chi connectivity index (χ3n) is 4.25. The first-order valence-corrected chi connectivity index (χ1v) is 8.24. The number of hydrogen-bond acceptors (Lipinski definition) is 4.